The first kappa shape index (κ1) is 26.0. The van der Waals surface area contributed by atoms with Crippen LogP contribution in [0.15, 0.2) is 72.9 Å². The zero-order chi connectivity index (χ0) is 27.7. The maximum Gasteiger partial charge on any atom is 0.418 e. The molecule has 0 radical (unpaired) electrons. The lowest BCUT2D eigenvalue weighted by atomic mass is 10.1. The number of carbonyl (C=O) groups excluding carboxylic acids is 1. The van der Waals surface area contributed by atoms with Gasteiger partial charge in [0, 0.05) is 62.4 Å². The molecule has 7 nitrogen and oxygen atoms in total. The monoisotopic (exact) mass is 548 g/mol. The molecule has 2 fully saturated rings. The lowest BCUT2D eigenvalue weighted by molar-refractivity contribution is -0.137. The van der Waals surface area contributed by atoms with Crippen LogP contribution in [0.3, 0.4) is 0 Å². The van der Waals surface area contributed by atoms with Crippen LogP contribution < -0.4 is 15.1 Å². The summed E-state index contributed by atoms with van der Waals surface area (Å²) < 4.78 is 42.4. The van der Waals surface area contributed by atoms with E-state index >= 15 is 0 Å². The first-order valence-electron chi connectivity index (χ1n) is 13.6. The number of benzene rings is 2. The highest BCUT2D eigenvalue weighted by Crippen LogP contribution is 2.37. The molecule has 4 aromatic rings. The number of pyridine rings is 1. The van der Waals surface area contributed by atoms with E-state index in [0.717, 1.165) is 41.9 Å². The molecule has 0 bridgehead atoms. The first-order valence-corrected chi connectivity index (χ1v) is 13.6. The van der Waals surface area contributed by atoms with E-state index in [9.17, 15) is 18.0 Å². The van der Waals surface area contributed by atoms with Crippen LogP contribution in [0.4, 0.5) is 30.4 Å². The quantitative estimate of drug-likeness (QED) is 0.351. The molecule has 1 amide bonds. The third-order valence-corrected chi connectivity index (χ3v) is 7.73. The molecule has 0 unspecified atom stereocenters. The lowest BCUT2D eigenvalue weighted by Gasteiger charge is -2.37. The normalized spacial score (nSPS) is 16.1. The van der Waals surface area contributed by atoms with Crippen LogP contribution in [0.25, 0.3) is 16.9 Å². The molecule has 0 saturated carbocycles. The van der Waals surface area contributed by atoms with Gasteiger partial charge in [-0.15, -0.1) is 0 Å². The van der Waals surface area contributed by atoms with Crippen LogP contribution in [0.2, 0.25) is 0 Å². The molecular weight excluding hydrogens is 517 g/mol. The zero-order valence-electron chi connectivity index (χ0n) is 22.1. The van der Waals surface area contributed by atoms with Crippen molar-refractivity contribution in [3.63, 3.8) is 0 Å². The summed E-state index contributed by atoms with van der Waals surface area (Å²) in [5.41, 5.74) is 3.20. The Morgan fingerprint density at radius 3 is 2.25 bits per heavy atom. The zero-order valence-corrected chi connectivity index (χ0v) is 22.1. The summed E-state index contributed by atoms with van der Waals surface area (Å²) in [5.74, 6) is 0.626. The largest absolute Gasteiger partial charge is 0.418 e. The van der Waals surface area contributed by atoms with Crippen LogP contribution >= 0.6 is 0 Å². The summed E-state index contributed by atoms with van der Waals surface area (Å²) in [6.45, 7) is 3.58. The van der Waals surface area contributed by atoms with Gasteiger partial charge in [-0.25, -0.2) is 4.98 Å². The summed E-state index contributed by atoms with van der Waals surface area (Å²) in [5, 5.41) is 3.31. The number of imidazole rings is 1. The van der Waals surface area contributed by atoms with Crippen LogP contribution in [-0.2, 0) is 11.0 Å². The summed E-state index contributed by atoms with van der Waals surface area (Å²) >= 11 is 0. The van der Waals surface area contributed by atoms with Crippen molar-refractivity contribution in [2.75, 3.05) is 60.9 Å². The third-order valence-electron chi connectivity index (χ3n) is 7.73. The fourth-order valence-corrected chi connectivity index (χ4v) is 5.63. The van der Waals surface area contributed by atoms with Gasteiger partial charge in [0.15, 0.2) is 0 Å². The van der Waals surface area contributed by atoms with E-state index in [1.165, 1.54) is 30.7 Å². The van der Waals surface area contributed by atoms with Crippen molar-refractivity contribution in [3.05, 3.63) is 78.5 Å². The highest BCUT2D eigenvalue weighted by Gasteiger charge is 2.35. The number of halogens is 3. The Morgan fingerprint density at radius 2 is 1.52 bits per heavy atom. The van der Waals surface area contributed by atoms with Gasteiger partial charge in [0.25, 0.3) is 0 Å². The first-order chi connectivity index (χ1) is 19.4. The minimum Gasteiger partial charge on any atom is -0.372 e. The van der Waals surface area contributed by atoms with Gasteiger partial charge in [0.1, 0.15) is 17.2 Å². The maximum absolute atomic E-state index is 13.5. The van der Waals surface area contributed by atoms with Crippen molar-refractivity contribution < 1.29 is 18.0 Å². The molecule has 6 rings (SSSR count). The summed E-state index contributed by atoms with van der Waals surface area (Å²) in [6.07, 6.45) is -0.0832. The van der Waals surface area contributed by atoms with Gasteiger partial charge in [0.05, 0.1) is 12.1 Å². The van der Waals surface area contributed by atoms with Gasteiger partial charge in [0.2, 0.25) is 5.91 Å². The second-order valence-corrected chi connectivity index (χ2v) is 10.2. The number of amides is 1. The number of anilines is 3. The topological polar surface area (TPSA) is 56.1 Å². The van der Waals surface area contributed by atoms with Crippen molar-refractivity contribution in [3.8, 4) is 11.3 Å². The molecule has 2 aromatic carbocycles. The van der Waals surface area contributed by atoms with Gasteiger partial charge in [-0.3, -0.25) is 9.20 Å². The lowest BCUT2D eigenvalue weighted by Crippen LogP contribution is -2.50. The average molecular weight is 549 g/mol. The van der Waals surface area contributed by atoms with E-state index < -0.39 is 11.7 Å². The van der Waals surface area contributed by atoms with Gasteiger partial charge >= 0.3 is 6.18 Å². The minimum absolute atomic E-state index is 0.0562. The van der Waals surface area contributed by atoms with Gasteiger partial charge in [-0.05, 0) is 49.2 Å². The van der Waals surface area contributed by atoms with E-state index in [4.69, 9.17) is 4.98 Å². The van der Waals surface area contributed by atoms with E-state index in [1.807, 2.05) is 28.8 Å². The number of nitrogens with one attached hydrogen (secondary N) is 1. The molecule has 1 N–H and O–H groups in total. The van der Waals surface area contributed by atoms with E-state index in [2.05, 4.69) is 34.5 Å². The Kier molecular flexibility index (Phi) is 7.00. The Morgan fingerprint density at radius 1 is 0.825 bits per heavy atom. The number of piperazine rings is 1. The number of hydrogen-bond donors (Lipinski definition) is 1. The number of para-hydroxylation sites is 1. The SMILES string of the molecule is O=C(CNc1c(-c2ccc(N3CCCC3)cc2)nc2ccccn12)N1CCN(c2ccccc2C(F)(F)F)CC1. The predicted octanol–water partition coefficient (Wildman–Crippen LogP) is 5.38. The van der Waals surface area contributed by atoms with Crippen molar-refractivity contribution >= 4 is 28.7 Å². The molecule has 0 aliphatic carbocycles. The number of aromatic nitrogens is 2. The Labute approximate surface area is 230 Å². The highest BCUT2D eigenvalue weighted by atomic mass is 19.4. The summed E-state index contributed by atoms with van der Waals surface area (Å²) in [7, 11) is 0. The molecule has 2 aliphatic heterocycles. The number of hydrogen-bond acceptors (Lipinski definition) is 5. The molecular formula is C30H31F3N6O. The second-order valence-electron chi connectivity index (χ2n) is 10.2. The Hall–Kier alpha value is -4.21. The maximum atomic E-state index is 13.5. The van der Waals surface area contributed by atoms with E-state index in [1.54, 1.807) is 15.9 Å². The van der Waals surface area contributed by atoms with Crippen LogP contribution in [-0.4, -0.2) is 66.0 Å². The molecule has 4 heterocycles. The summed E-state index contributed by atoms with van der Waals surface area (Å²) in [6, 6.07) is 19.7. The van der Waals surface area contributed by atoms with Crippen LogP contribution in [0.1, 0.15) is 18.4 Å². The minimum atomic E-state index is -4.42. The van der Waals surface area contributed by atoms with E-state index in [0.29, 0.717) is 26.2 Å². The molecule has 2 aromatic heterocycles. The van der Waals surface area contributed by atoms with Crippen molar-refractivity contribution in [1.29, 1.82) is 0 Å². The second kappa shape index (κ2) is 10.7. The van der Waals surface area contributed by atoms with Crippen LogP contribution in [0.5, 0.6) is 0 Å². The van der Waals surface area contributed by atoms with Crippen molar-refractivity contribution in [2.24, 2.45) is 0 Å². The molecule has 2 saturated heterocycles. The van der Waals surface area contributed by atoms with Crippen LogP contribution in [0, 0.1) is 0 Å². The fourth-order valence-electron chi connectivity index (χ4n) is 5.63. The molecule has 0 spiro atoms. The molecule has 10 heteroatoms. The third kappa shape index (κ3) is 5.17. The summed E-state index contributed by atoms with van der Waals surface area (Å²) in [4.78, 5) is 23.8. The fraction of sp³-hybridized carbons (Fsp3) is 0.333. The van der Waals surface area contributed by atoms with Gasteiger partial charge in [-0.1, -0.05) is 30.3 Å². The number of rotatable bonds is 6. The smallest absolute Gasteiger partial charge is 0.372 e. The average Bonchev–Trinajstić information content (AvgIpc) is 3.64. The number of nitrogens with zero attached hydrogens (tertiary/aromatic N) is 5. The van der Waals surface area contributed by atoms with Crippen molar-refractivity contribution in [2.45, 2.75) is 19.0 Å². The molecule has 2 aliphatic rings. The molecule has 208 valence electrons. The predicted molar refractivity (Wildman–Crippen MR) is 151 cm³/mol. The molecule has 40 heavy (non-hydrogen) atoms. The number of fused-ring (bicyclic) bond motifs is 1. The van der Waals surface area contributed by atoms with Gasteiger partial charge in [-0.2, -0.15) is 13.2 Å². The highest BCUT2D eigenvalue weighted by molar-refractivity contribution is 5.84. The Balaban J connectivity index is 1.15. The molecule has 0 atom stereocenters. The number of carbonyl (C=O) groups is 1. The van der Waals surface area contributed by atoms with Gasteiger partial charge < -0.3 is 20.0 Å². The van der Waals surface area contributed by atoms with Crippen molar-refractivity contribution in [1.82, 2.24) is 14.3 Å². The van der Waals surface area contributed by atoms with E-state index in [-0.39, 0.29) is 18.1 Å². The Bertz CT molecular complexity index is 1490. The standard InChI is InChI=1S/C30H31F3N6O/c31-30(32,33)24-7-1-2-8-25(24)37-17-19-38(20-18-37)27(40)21-34-29-28(35-26-9-3-4-16-39(26)29)22-10-12-23(13-11-22)36-14-5-6-15-36/h1-4,7-13,16,34H,5-6,14-15,17-21H2. The number of alkyl halides is 3.